The number of amides is 1. The zero-order valence-electron chi connectivity index (χ0n) is 12.2. The Labute approximate surface area is 112 Å². The molecular formula is C15H30N2O. The van der Waals surface area contributed by atoms with Crippen molar-refractivity contribution in [2.75, 3.05) is 13.1 Å². The minimum absolute atomic E-state index is 0.0323. The Bertz CT molecular complexity index is 235. The SMILES string of the molecule is CCCCCCCCC(=O)NC1(C)CCNCC1. The summed E-state index contributed by atoms with van der Waals surface area (Å²) in [5, 5.41) is 6.55. The molecule has 0 aromatic rings. The second-order valence-corrected chi connectivity index (χ2v) is 5.88. The highest BCUT2D eigenvalue weighted by Crippen LogP contribution is 2.17. The molecule has 0 aliphatic carbocycles. The first-order chi connectivity index (χ1) is 8.66. The third-order valence-electron chi connectivity index (χ3n) is 3.91. The summed E-state index contributed by atoms with van der Waals surface area (Å²) in [6.07, 6.45) is 10.3. The van der Waals surface area contributed by atoms with E-state index in [1.807, 2.05) is 0 Å². The molecule has 1 amide bonds. The fourth-order valence-corrected chi connectivity index (χ4v) is 2.57. The van der Waals surface area contributed by atoms with E-state index in [9.17, 15) is 4.79 Å². The van der Waals surface area contributed by atoms with E-state index in [1.165, 1.54) is 32.1 Å². The molecule has 1 fully saturated rings. The van der Waals surface area contributed by atoms with Crippen molar-refractivity contribution in [3.8, 4) is 0 Å². The van der Waals surface area contributed by atoms with Crippen LogP contribution in [0.2, 0.25) is 0 Å². The molecule has 18 heavy (non-hydrogen) atoms. The van der Waals surface area contributed by atoms with Gasteiger partial charge in [-0.05, 0) is 39.3 Å². The second-order valence-electron chi connectivity index (χ2n) is 5.88. The summed E-state index contributed by atoms with van der Waals surface area (Å²) >= 11 is 0. The molecule has 0 unspecified atom stereocenters. The predicted octanol–water partition coefficient (Wildman–Crippen LogP) is 3.00. The van der Waals surface area contributed by atoms with Gasteiger partial charge in [0, 0.05) is 12.0 Å². The number of unbranched alkanes of at least 4 members (excludes halogenated alkanes) is 5. The number of rotatable bonds is 8. The lowest BCUT2D eigenvalue weighted by Crippen LogP contribution is -2.52. The summed E-state index contributed by atoms with van der Waals surface area (Å²) in [6.45, 7) is 6.45. The zero-order chi connectivity index (χ0) is 13.3. The highest BCUT2D eigenvalue weighted by Gasteiger charge is 2.27. The van der Waals surface area contributed by atoms with Crippen LogP contribution in [0.15, 0.2) is 0 Å². The van der Waals surface area contributed by atoms with Crippen molar-refractivity contribution in [1.29, 1.82) is 0 Å². The summed E-state index contributed by atoms with van der Waals surface area (Å²) < 4.78 is 0. The fourth-order valence-electron chi connectivity index (χ4n) is 2.57. The summed E-state index contributed by atoms with van der Waals surface area (Å²) in [7, 11) is 0. The Balaban J connectivity index is 2.06. The first-order valence-corrected chi connectivity index (χ1v) is 7.68. The van der Waals surface area contributed by atoms with E-state index in [2.05, 4.69) is 24.5 Å². The van der Waals surface area contributed by atoms with E-state index < -0.39 is 0 Å². The summed E-state index contributed by atoms with van der Waals surface area (Å²) in [5.74, 6) is 0.245. The van der Waals surface area contributed by atoms with Crippen LogP contribution in [0.3, 0.4) is 0 Å². The lowest BCUT2D eigenvalue weighted by molar-refractivity contribution is -0.123. The first-order valence-electron chi connectivity index (χ1n) is 7.68. The minimum atomic E-state index is 0.0323. The lowest BCUT2D eigenvalue weighted by atomic mass is 9.90. The van der Waals surface area contributed by atoms with Gasteiger partial charge in [-0.25, -0.2) is 0 Å². The van der Waals surface area contributed by atoms with Gasteiger partial charge in [0.25, 0.3) is 0 Å². The Hall–Kier alpha value is -0.570. The molecule has 1 saturated heterocycles. The van der Waals surface area contributed by atoms with Crippen LogP contribution in [-0.2, 0) is 4.79 Å². The molecule has 3 nitrogen and oxygen atoms in total. The van der Waals surface area contributed by atoms with Gasteiger partial charge in [0.1, 0.15) is 0 Å². The normalized spacial score (nSPS) is 18.6. The number of carbonyl (C=O) groups excluding carboxylic acids is 1. The molecule has 0 aromatic carbocycles. The van der Waals surface area contributed by atoms with Crippen LogP contribution >= 0.6 is 0 Å². The van der Waals surface area contributed by atoms with Crippen LogP contribution in [0.5, 0.6) is 0 Å². The fraction of sp³-hybridized carbons (Fsp3) is 0.933. The Morgan fingerprint density at radius 1 is 1.11 bits per heavy atom. The molecular weight excluding hydrogens is 224 g/mol. The highest BCUT2D eigenvalue weighted by molar-refractivity contribution is 5.76. The van der Waals surface area contributed by atoms with Crippen molar-refractivity contribution < 1.29 is 4.79 Å². The molecule has 1 heterocycles. The van der Waals surface area contributed by atoms with Crippen molar-refractivity contribution in [3.63, 3.8) is 0 Å². The van der Waals surface area contributed by atoms with Gasteiger partial charge in [-0.15, -0.1) is 0 Å². The maximum absolute atomic E-state index is 11.9. The third-order valence-corrected chi connectivity index (χ3v) is 3.91. The molecule has 1 rings (SSSR count). The maximum Gasteiger partial charge on any atom is 0.220 e. The molecule has 0 bridgehead atoms. The maximum atomic E-state index is 11.9. The van der Waals surface area contributed by atoms with Crippen molar-refractivity contribution >= 4 is 5.91 Å². The number of hydrogen-bond acceptors (Lipinski definition) is 2. The number of nitrogens with one attached hydrogen (secondary N) is 2. The van der Waals surface area contributed by atoms with Crippen molar-refractivity contribution in [1.82, 2.24) is 10.6 Å². The van der Waals surface area contributed by atoms with E-state index in [0.717, 1.165) is 32.4 Å². The van der Waals surface area contributed by atoms with Crippen molar-refractivity contribution in [3.05, 3.63) is 0 Å². The summed E-state index contributed by atoms with van der Waals surface area (Å²) in [4.78, 5) is 11.9. The van der Waals surface area contributed by atoms with Crippen LogP contribution in [0.1, 0.15) is 71.6 Å². The average molecular weight is 254 g/mol. The molecule has 0 spiro atoms. The zero-order valence-corrected chi connectivity index (χ0v) is 12.2. The molecule has 1 aliphatic heterocycles. The number of carbonyl (C=O) groups is 1. The smallest absolute Gasteiger partial charge is 0.220 e. The van der Waals surface area contributed by atoms with Crippen molar-refractivity contribution in [2.45, 2.75) is 77.2 Å². The summed E-state index contributed by atoms with van der Waals surface area (Å²) in [6, 6.07) is 0. The van der Waals surface area contributed by atoms with Gasteiger partial charge >= 0.3 is 0 Å². The number of hydrogen-bond donors (Lipinski definition) is 2. The molecule has 0 aromatic heterocycles. The predicted molar refractivity (Wildman–Crippen MR) is 76.6 cm³/mol. The molecule has 0 radical (unpaired) electrons. The quantitative estimate of drug-likeness (QED) is 0.654. The minimum Gasteiger partial charge on any atom is -0.351 e. The van der Waals surface area contributed by atoms with E-state index in [-0.39, 0.29) is 11.4 Å². The largest absolute Gasteiger partial charge is 0.351 e. The van der Waals surface area contributed by atoms with E-state index in [0.29, 0.717) is 6.42 Å². The Morgan fingerprint density at radius 3 is 2.39 bits per heavy atom. The molecule has 3 heteroatoms. The van der Waals surface area contributed by atoms with Crippen LogP contribution in [0, 0.1) is 0 Å². The molecule has 1 aliphatic rings. The average Bonchev–Trinajstić information content (AvgIpc) is 2.34. The van der Waals surface area contributed by atoms with Crippen LogP contribution in [-0.4, -0.2) is 24.5 Å². The van der Waals surface area contributed by atoms with Gasteiger partial charge in [0.05, 0.1) is 0 Å². The van der Waals surface area contributed by atoms with Crippen LogP contribution in [0.25, 0.3) is 0 Å². The Morgan fingerprint density at radius 2 is 1.72 bits per heavy atom. The molecule has 2 N–H and O–H groups in total. The third kappa shape index (κ3) is 6.39. The van der Waals surface area contributed by atoms with E-state index in [1.54, 1.807) is 0 Å². The van der Waals surface area contributed by atoms with Gasteiger partial charge in [-0.2, -0.15) is 0 Å². The summed E-state index contributed by atoms with van der Waals surface area (Å²) in [5.41, 5.74) is 0.0323. The second kappa shape index (κ2) is 8.52. The highest BCUT2D eigenvalue weighted by atomic mass is 16.1. The van der Waals surface area contributed by atoms with E-state index in [4.69, 9.17) is 0 Å². The first kappa shape index (κ1) is 15.5. The molecule has 0 atom stereocenters. The van der Waals surface area contributed by atoms with Gasteiger partial charge in [0.15, 0.2) is 0 Å². The van der Waals surface area contributed by atoms with Gasteiger partial charge in [-0.1, -0.05) is 39.0 Å². The topological polar surface area (TPSA) is 41.1 Å². The lowest BCUT2D eigenvalue weighted by Gasteiger charge is -2.35. The number of piperidine rings is 1. The Kier molecular flexibility index (Phi) is 7.33. The van der Waals surface area contributed by atoms with Gasteiger partial charge < -0.3 is 10.6 Å². The molecule has 106 valence electrons. The monoisotopic (exact) mass is 254 g/mol. The van der Waals surface area contributed by atoms with E-state index >= 15 is 0 Å². The van der Waals surface area contributed by atoms with Crippen LogP contribution in [0.4, 0.5) is 0 Å². The van der Waals surface area contributed by atoms with Gasteiger partial charge in [0.2, 0.25) is 5.91 Å². The van der Waals surface area contributed by atoms with Crippen molar-refractivity contribution in [2.24, 2.45) is 0 Å². The van der Waals surface area contributed by atoms with Gasteiger partial charge in [-0.3, -0.25) is 4.79 Å². The van der Waals surface area contributed by atoms with Crippen LogP contribution < -0.4 is 10.6 Å². The molecule has 0 saturated carbocycles. The standard InChI is InChI=1S/C15H30N2O/c1-3-4-5-6-7-8-9-14(18)17-15(2)10-12-16-13-11-15/h16H,3-13H2,1-2H3,(H,17,18).